The number of amides is 1. The molecule has 1 aliphatic heterocycles. The van der Waals surface area contributed by atoms with Gasteiger partial charge in [-0.2, -0.15) is 18.3 Å². The Balaban J connectivity index is 1.58. The van der Waals surface area contributed by atoms with Gasteiger partial charge in [0.25, 0.3) is 5.91 Å². The average molecular weight is 472 g/mol. The fourth-order valence-corrected chi connectivity index (χ4v) is 5.02. The molecule has 4 aromatic rings. The molecule has 0 N–H and O–H groups in total. The van der Waals surface area contributed by atoms with Gasteiger partial charge in [-0.05, 0) is 42.5 Å². The molecule has 0 aliphatic carbocycles. The summed E-state index contributed by atoms with van der Waals surface area (Å²) in [6.45, 7) is 0.532. The third-order valence-electron chi connectivity index (χ3n) is 5.69. The lowest BCUT2D eigenvalue weighted by molar-refractivity contribution is -0.142. The van der Waals surface area contributed by atoms with Crippen molar-refractivity contribution in [2.24, 2.45) is 0 Å². The van der Waals surface area contributed by atoms with Gasteiger partial charge in [-0.3, -0.25) is 4.79 Å². The molecule has 6 nitrogen and oxygen atoms in total. The van der Waals surface area contributed by atoms with E-state index in [-0.39, 0.29) is 23.1 Å². The van der Waals surface area contributed by atoms with E-state index in [9.17, 15) is 18.0 Å². The van der Waals surface area contributed by atoms with Crippen LogP contribution in [-0.4, -0.2) is 39.1 Å². The summed E-state index contributed by atoms with van der Waals surface area (Å²) in [5, 5.41) is 5.97. The van der Waals surface area contributed by atoms with Gasteiger partial charge < -0.3 is 9.64 Å². The molecule has 33 heavy (non-hydrogen) atoms. The minimum atomic E-state index is -4.69. The van der Waals surface area contributed by atoms with Gasteiger partial charge in [0.05, 0.1) is 18.8 Å². The third-order valence-corrected chi connectivity index (χ3v) is 6.66. The van der Waals surface area contributed by atoms with Crippen molar-refractivity contribution in [1.82, 2.24) is 19.5 Å². The van der Waals surface area contributed by atoms with Gasteiger partial charge in [0.1, 0.15) is 5.75 Å². The molecular weight excluding hydrogens is 453 g/mol. The van der Waals surface area contributed by atoms with Crippen LogP contribution in [0.15, 0.2) is 53.9 Å². The summed E-state index contributed by atoms with van der Waals surface area (Å²) in [6.07, 6.45) is -3.05. The number of methoxy groups -OCH3 is 1. The molecule has 3 aromatic heterocycles. The van der Waals surface area contributed by atoms with Gasteiger partial charge in [-0.1, -0.05) is 18.2 Å². The fraction of sp³-hybridized carbons (Fsp3) is 0.261. The zero-order chi connectivity index (χ0) is 23.2. The first-order chi connectivity index (χ1) is 15.8. The Hall–Kier alpha value is -3.40. The van der Waals surface area contributed by atoms with Crippen molar-refractivity contribution >= 4 is 22.9 Å². The van der Waals surface area contributed by atoms with E-state index in [0.717, 1.165) is 23.8 Å². The van der Waals surface area contributed by atoms with Crippen molar-refractivity contribution in [1.29, 1.82) is 0 Å². The molecule has 170 valence electrons. The summed E-state index contributed by atoms with van der Waals surface area (Å²) in [7, 11) is 1.48. The molecule has 5 rings (SSSR count). The van der Waals surface area contributed by atoms with Gasteiger partial charge in [0.15, 0.2) is 17.0 Å². The van der Waals surface area contributed by atoms with Crippen LogP contribution in [0.5, 0.6) is 5.75 Å². The number of nitrogens with zero attached hydrogens (tertiary/aromatic N) is 4. The first-order valence-corrected chi connectivity index (χ1v) is 11.2. The molecule has 1 atom stereocenters. The number of aromatic nitrogens is 3. The Morgan fingerprint density at radius 2 is 2.03 bits per heavy atom. The van der Waals surface area contributed by atoms with Gasteiger partial charge in [-0.25, -0.2) is 9.50 Å². The standard InChI is InChI=1S/C23H19F3N4O2S/c1-32-15-6-2-5-14(11-15)16-12-20(23(24,25)26)30-21(27-16)13-17(28-30)22(31)29-9-3-7-18(29)19-8-4-10-33-19/h2,4-6,8,10-13,18H,3,7,9H2,1H3. The summed E-state index contributed by atoms with van der Waals surface area (Å²) in [4.78, 5) is 20.4. The highest BCUT2D eigenvalue weighted by molar-refractivity contribution is 7.10. The third kappa shape index (κ3) is 3.95. The number of benzene rings is 1. The number of ether oxygens (including phenoxy) is 1. The zero-order valence-corrected chi connectivity index (χ0v) is 18.4. The highest BCUT2D eigenvalue weighted by Crippen LogP contribution is 2.36. The molecule has 1 saturated heterocycles. The van der Waals surface area contributed by atoms with Crippen LogP contribution in [-0.2, 0) is 6.18 Å². The second-order valence-corrected chi connectivity index (χ2v) is 8.71. The molecule has 0 bridgehead atoms. The van der Waals surface area contributed by atoms with Gasteiger partial charge in [0, 0.05) is 23.1 Å². The molecule has 0 radical (unpaired) electrons. The highest BCUT2D eigenvalue weighted by Gasteiger charge is 2.37. The maximum atomic E-state index is 13.9. The predicted molar refractivity (Wildman–Crippen MR) is 117 cm³/mol. The smallest absolute Gasteiger partial charge is 0.433 e. The molecular formula is C23H19F3N4O2S. The number of hydrogen-bond acceptors (Lipinski definition) is 5. The van der Waals surface area contributed by atoms with Gasteiger partial charge in [-0.15, -0.1) is 11.3 Å². The van der Waals surface area contributed by atoms with Crippen LogP contribution in [0.4, 0.5) is 13.2 Å². The molecule has 1 fully saturated rings. The van der Waals surface area contributed by atoms with Crippen LogP contribution in [0.1, 0.15) is 39.9 Å². The van der Waals surface area contributed by atoms with E-state index >= 15 is 0 Å². The Kier molecular flexibility index (Phi) is 5.32. The average Bonchev–Trinajstić information content (AvgIpc) is 3.57. The predicted octanol–water partition coefficient (Wildman–Crippen LogP) is 5.46. The number of hydrogen-bond donors (Lipinski definition) is 0. The summed E-state index contributed by atoms with van der Waals surface area (Å²) in [5.41, 5.74) is -0.517. The summed E-state index contributed by atoms with van der Waals surface area (Å²) in [6, 6.07) is 12.7. The molecule has 4 heterocycles. The van der Waals surface area contributed by atoms with E-state index in [1.54, 1.807) is 40.5 Å². The minimum Gasteiger partial charge on any atom is -0.497 e. The Morgan fingerprint density at radius 1 is 1.18 bits per heavy atom. The number of rotatable bonds is 4. The SMILES string of the molecule is COc1cccc(-c2cc(C(F)(F)F)n3nc(C(=O)N4CCCC4c4cccs4)cc3n2)c1. The number of likely N-dealkylation sites (tertiary alicyclic amines) is 1. The Labute approximate surface area is 191 Å². The summed E-state index contributed by atoms with van der Waals surface area (Å²) < 4.78 is 47.6. The lowest BCUT2D eigenvalue weighted by Gasteiger charge is -2.22. The van der Waals surface area contributed by atoms with Crippen molar-refractivity contribution in [3.05, 3.63) is 70.2 Å². The van der Waals surface area contributed by atoms with E-state index < -0.39 is 17.8 Å². The van der Waals surface area contributed by atoms with Crippen LogP contribution >= 0.6 is 11.3 Å². The topological polar surface area (TPSA) is 59.7 Å². The van der Waals surface area contributed by atoms with E-state index in [1.165, 1.54) is 13.2 Å². The lowest BCUT2D eigenvalue weighted by atomic mass is 10.1. The van der Waals surface area contributed by atoms with Crippen LogP contribution in [0.2, 0.25) is 0 Å². The first-order valence-electron chi connectivity index (χ1n) is 10.3. The minimum absolute atomic E-state index is 0.0436. The van der Waals surface area contributed by atoms with E-state index in [1.807, 2.05) is 17.5 Å². The fourth-order valence-electron chi connectivity index (χ4n) is 4.14. The summed E-state index contributed by atoms with van der Waals surface area (Å²) >= 11 is 1.56. The molecule has 1 aromatic carbocycles. The second kappa shape index (κ2) is 8.18. The molecule has 1 aliphatic rings. The van der Waals surface area contributed by atoms with Crippen molar-refractivity contribution < 1.29 is 22.7 Å². The zero-order valence-electron chi connectivity index (χ0n) is 17.5. The van der Waals surface area contributed by atoms with Crippen LogP contribution in [0, 0.1) is 0 Å². The number of carbonyl (C=O) groups is 1. The summed E-state index contributed by atoms with van der Waals surface area (Å²) in [5.74, 6) is 0.105. The second-order valence-electron chi connectivity index (χ2n) is 7.73. The van der Waals surface area contributed by atoms with E-state index in [0.29, 0.717) is 22.4 Å². The quantitative estimate of drug-likeness (QED) is 0.396. The highest BCUT2D eigenvalue weighted by atomic mass is 32.1. The lowest BCUT2D eigenvalue weighted by Crippen LogP contribution is -2.30. The van der Waals surface area contributed by atoms with Crippen molar-refractivity contribution in [2.45, 2.75) is 25.1 Å². The number of fused-ring (bicyclic) bond motifs is 1. The largest absolute Gasteiger partial charge is 0.497 e. The molecule has 1 unspecified atom stereocenters. The van der Waals surface area contributed by atoms with Crippen molar-refractivity contribution in [3.63, 3.8) is 0 Å². The molecule has 1 amide bonds. The van der Waals surface area contributed by atoms with E-state index in [2.05, 4.69) is 10.1 Å². The molecule has 0 spiro atoms. The Bertz CT molecular complexity index is 1320. The van der Waals surface area contributed by atoms with Gasteiger partial charge in [0.2, 0.25) is 0 Å². The molecule has 0 saturated carbocycles. The number of halogens is 3. The monoisotopic (exact) mass is 472 g/mol. The number of carbonyl (C=O) groups excluding carboxylic acids is 1. The van der Waals surface area contributed by atoms with Gasteiger partial charge >= 0.3 is 6.18 Å². The van der Waals surface area contributed by atoms with Crippen LogP contribution < -0.4 is 4.74 Å². The number of alkyl halides is 3. The maximum Gasteiger partial charge on any atom is 0.433 e. The molecule has 10 heteroatoms. The van der Waals surface area contributed by atoms with Crippen LogP contribution in [0.25, 0.3) is 16.9 Å². The van der Waals surface area contributed by atoms with Crippen molar-refractivity contribution in [2.75, 3.05) is 13.7 Å². The maximum absolute atomic E-state index is 13.9. The van der Waals surface area contributed by atoms with Crippen molar-refractivity contribution in [3.8, 4) is 17.0 Å². The normalized spacial score (nSPS) is 16.5. The van der Waals surface area contributed by atoms with Crippen LogP contribution in [0.3, 0.4) is 0 Å². The Morgan fingerprint density at radius 3 is 2.76 bits per heavy atom. The number of thiophene rings is 1. The van der Waals surface area contributed by atoms with E-state index in [4.69, 9.17) is 4.74 Å². The first kappa shape index (κ1) is 21.4.